The lowest BCUT2D eigenvalue weighted by molar-refractivity contribution is -0.385. The number of hydrogen-bond donors (Lipinski definition) is 1. The van der Waals surface area contributed by atoms with Gasteiger partial charge in [-0.25, -0.2) is 0 Å². The van der Waals surface area contributed by atoms with E-state index in [1.165, 1.54) is 18.2 Å². The number of carbonyl (C=O) groups is 1. The topological polar surface area (TPSA) is 72.2 Å². The van der Waals surface area contributed by atoms with Crippen LogP contribution in [0.5, 0.6) is 0 Å². The second kappa shape index (κ2) is 7.11. The fourth-order valence-electron chi connectivity index (χ4n) is 1.54. The Bertz CT molecular complexity index is 510. The van der Waals surface area contributed by atoms with Crippen LogP contribution < -0.4 is 5.32 Å². The standard InChI is InChI=1S/C12H13Cl3N2O3/c1-2-12(6-13,7-14)16-11(18)9-5-8(15)3-4-10(9)17(19)20/h3-5H,2,6-7H2,1H3,(H,16,18). The van der Waals surface area contributed by atoms with E-state index in [1.54, 1.807) is 0 Å². The Hall–Kier alpha value is -1.04. The molecule has 0 unspecified atom stereocenters. The highest BCUT2D eigenvalue weighted by Crippen LogP contribution is 2.24. The summed E-state index contributed by atoms with van der Waals surface area (Å²) in [5, 5.41) is 13.8. The van der Waals surface area contributed by atoms with Gasteiger partial charge >= 0.3 is 0 Å². The lowest BCUT2D eigenvalue weighted by Crippen LogP contribution is -2.51. The van der Waals surface area contributed by atoms with Crippen LogP contribution in [-0.2, 0) is 0 Å². The van der Waals surface area contributed by atoms with E-state index in [0.717, 1.165) is 0 Å². The lowest BCUT2D eigenvalue weighted by atomic mass is 10.0. The molecule has 0 aliphatic carbocycles. The molecule has 0 saturated heterocycles. The van der Waals surface area contributed by atoms with Crippen LogP contribution in [0.25, 0.3) is 0 Å². The number of hydrogen-bond acceptors (Lipinski definition) is 3. The first-order valence-corrected chi connectivity index (χ1v) is 7.22. The third-order valence-electron chi connectivity index (χ3n) is 2.97. The van der Waals surface area contributed by atoms with E-state index in [2.05, 4.69) is 5.32 Å². The Morgan fingerprint density at radius 3 is 2.45 bits per heavy atom. The minimum absolute atomic E-state index is 0.104. The Morgan fingerprint density at radius 2 is 2.00 bits per heavy atom. The van der Waals surface area contributed by atoms with Gasteiger partial charge in [-0.2, -0.15) is 0 Å². The maximum atomic E-state index is 12.2. The minimum Gasteiger partial charge on any atom is -0.344 e. The summed E-state index contributed by atoms with van der Waals surface area (Å²) in [6, 6.07) is 3.79. The van der Waals surface area contributed by atoms with Crippen molar-refractivity contribution in [3.63, 3.8) is 0 Å². The van der Waals surface area contributed by atoms with Crippen molar-refractivity contribution in [2.45, 2.75) is 18.9 Å². The molecule has 0 heterocycles. The molecule has 8 heteroatoms. The zero-order chi connectivity index (χ0) is 15.3. The van der Waals surface area contributed by atoms with E-state index in [0.29, 0.717) is 6.42 Å². The van der Waals surface area contributed by atoms with E-state index in [9.17, 15) is 14.9 Å². The number of alkyl halides is 2. The molecule has 1 amide bonds. The van der Waals surface area contributed by atoms with E-state index in [-0.39, 0.29) is 28.0 Å². The van der Waals surface area contributed by atoms with Crippen LogP contribution in [0.15, 0.2) is 18.2 Å². The number of nitrogens with one attached hydrogen (secondary N) is 1. The monoisotopic (exact) mass is 338 g/mol. The van der Waals surface area contributed by atoms with Crippen LogP contribution in [0.3, 0.4) is 0 Å². The maximum absolute atomic E-state index is 12.2. The molecule has 5 nitrogen and oxygen atoms in total. The number of amides is 1. The van der Waals surface area contributed by atoms with Crippen molar-refractivity contribution in [1.29, 1.82) is 0 Å². The molecule has 1 aromatic carbocycles. The van der Waals surface area contributed by atoms with Gasteiger partial charge in [-0.05, 0) is 18.6 Å². The Morgan fingerprint density at radius 1 is 1.40 bits per heavy atom. The first-order chi connectivity index (χ1) is 9.39. The average Bonchev–Trinajstić information content (AvgIpc) is 2.44. The quantitative estimate of drug-likeness (QED) is 0.489. The zero-order valence-electron chi connectivity index (χ0n) is 10.7. The first kappa shape index (κ1) is 17.0. The highest BCUT2D eigenvalue weighted by atomic mass is 35.5. The van der Waals surface area contributed by atoms with Gasteiger partial charge in [0.2, 0.25) is 0 Å². The van der Waals surface area contributed by atoms with Gasteiger partial charge in [0.15, 0.2) is 0 Å². The van der Waals surface area contributed by atoms with Crippen LogP contribution in [0.2, 0.25) is 5.02 Å². The third-order valence-corrected chi connectivity index (χ3v) is 4.23. The van der Waals surface area contributed by atoms with Crippen LogP contribution in [-0.4, -0.2) is 28.1 Å². The number of nitro benzene ring substituents is 1. The highest BCUT2D eigenvalue weighted by molar-refractivity contribution is 6.31. The van der Waals surface area contributed by atoms with E-state index in [1.807, 2.05) is 6.92 Å². The second-order valence-corrected chi connectivity index (χ2v) is 5.24. The van der Waals surface area contributed by atoms with Crippen LogP contribution in [0.1, 0.15) is 23.7 Å². The molecule has 110 valence electrons. The highest BCUT2D eigenvalue weighted by Gasteiger charge is 2.31. The number of rotatable bonds is 6. The number of halogens is 3. The van der Waals surface area contributed by atoms with E-state index >= 15 is 0 Å². The summed E-state index contributed by atoms with van der Waals surface area (Å²) in [7, 11) is 0. The fraction of sp³-hybridized carbons (Fsp3) is 0.417. The van der Waals surface area contributed by atoms with Gasteiger partial charge in [-0.1, -0.05) is 18.5 Å². The summed E-state index contributed by atoms with van der Waals surface area (Å²) < 4.78 is 0. The van der Waals surface area contributed by atoms with Crippen molar-refractivity contribution in [2.24, 2.45) is 0 Å². The molecule has 0 saturated carbocycles. The molecule has 0 spiro atoms. The normalized spacial score (nSPS) is 11.2. The SMILES string of the molecule is CCC(CCl)(CCl)NC(=O)c1cc(Cl)ccc1[N+](=O)[O-]. The molecule has 0 aliphatic heterocycles. The number of nitro groups is 1. The van der Waals surface area contributed by atoms with Crippen LogP contribution in [0.4, 0.5) is 5.69 Å². The molecule has 0 atom stereocenters. The van der Waals surface area contributed by atoms with Gasteiger partial charge in [-0.15, -0.1) is 23.2 Å². The van der Waals surface area contributed by atoms with Crippen molar-refractivity contribution in [3.8, 4) is 0 Å². The molecule has 0 radical (unpaired) electrons. The molecule has 1 N–H and O–H groups in total. The summed E-state index contributed by atoms with van der Waals surface area (Å²) >= 11 is 17.4. The van der Waals surface area contributed by atoms with Gasteiger partial charge in [-0.3, -0.25) is 14.9 Å². The molecule has 1 aromatic rings. The van der Waals surface area contributed by atoms with Crippen molar-refractivity contribution >= 4 is 46.4 Å². The summed E-state index contributed by atoms with van der Waals surface area (Å²) in [6.07, 6.45) is 0.500. The second-order valence-electron chi connectivity index (χ2n) is 4.27. The molecule has 0 fully saturated rings. The predicted octanol–water partition coefficient (Wildman–Crippen LogP) is 3.60. The zero-order valence-corrected chi connectivity index (χ0v) is 12.9. The van der Waals surface area contributed by atoms with Crippen molar-refractivity contribution in [2.75, 3.05) is 11.8 Å². The van der Waals surface area contributed by atoms with E-state index in [4.69, 9.17) is 34.8 Å². The molecule has 0 aromatic heterocycles. The largest absolute Gasteiger partial charge is 0.344 e. The van der Waals surface area contributed by atoms with Gasteiger partial charge < -0.3 is 5.32 Å². The number of nitrogens with zero attached hydrogens (tertiary/aromatic N) is 1. The molecular formula is C12H13Cl3N2O3. The Labute approximate surface area is 131 Å². The van der Waals surface area contributed by atoms with Gasteiger partial charge in [0.1, 0.15) is 5.56 Å². The van der Waals surface area contributed by atoms with E-state index < -0.39 is 16.4 Å². The number of benzene rings is 1. The molecule has 1 rings (SSSR count). The first-order valence-electron chi connectivity index (χ1n) is 5.77. The number of carbonyl (C=O) groups excluding carboxylic acids is 1. The van der Waals surface area contributed by atoms with Crippen molar-refractivity contribution < 1.29 is 9.72 Å². The molecular weight excluding hydrogens is 327 g/mol. The van der Waals surface area contributed by atoms with Gasteiger partial charge in [0.05, 0.1) is 10.5 Å². The molecule has 0 aliphatic rings. The third kappa shape index (κ3) is 3.75. The lowest BCUT2D eigenvalue weighted by Gasteiger charge is -2.29. The summed E-state index contributed by atoms with van der Waals surface area (Å²) in [6.45, 7) is 1.82. The molecule has 20 heavy (non-hydrogen) atoms. The van der Waals surface area contributed by atoms with Crippen molar-refractivity contribution in [3.05, 3.63) is 38.9 Å². The smallest absolute Gasteiger partial charge is 0.282 e. The summed E-state index contributed by atoms with van der Waals surface area (Å²) in [5.74, 6) is -0.414. The Balaban J connectivity index is 3.15. The fourth-order valence-corrected chi connectivity index (χ4v) is 2.51. The van der Waals surface area contributed by atoms with Crippen LogP contribution in [0, 0.1) is 10.1 Å². The van der Waals surface area contributed by atoms with Crippen molar-refractivity contribution in [1.82, 2.24) is 5.32 Å². The van der Waals surface area contributed by atoms with Gasteiger partial charge in [0, 0.05) is 22.8 Å². The Kier molecular flexibility index (Phi) is 6.05. The predicted molar refractivity (Wildman–Crippen MR) is 80.0 cm³/mol. The minimum atomic E-state index is -0.809. The summed E-state index contributed by atoms with van der Waals surface area (Å²) in [5.41, 5.74) is -1.24. The van der Waals surface area contributed by atoms with Crippen LogP contribution >= 0.6 is 34.8 Å². The maximum Gasteiger partial charge on any atom is 0.282 e. The average molecular weight is 340 g/mol. The molecule has 0 bridgehead atoms. The van der Waals surface area contributed by atoms with Gasteiger partial charge in [0.25, 0.3) is 11.6 Å². The summed E-state index contributed by atoms with van der Waals surface area (Å²) in [4.78, 5) is 22.5.